The summed E-state index contributed by atoms with van der Waals surface area (Å²) in [6.45, 7) is 0. The number of pyridine rings is 1. The second kappa shape index (κ2) is 10.2. The number of nitrogens with one attached hydrogen (secondary N) is 2. The van der Waals surface area contributed by atoms with Crippen molar-refractivity contribution in [2.24, 2.45) is 0 Å². The molecule has 0 fully saturated rings. The molecule has 6 nitrogen and oxygen atoms in total. The molecule has 3 aromatic carbocycles. The lowest BCUT2D eigenvalue weighted by molar-refractivity contribution is 0.101. The van der Waals surface area contributed by atoms with Crippen molar-refractivity contribution in [1.82, 2.24) is 4.98 Å². The fourth-order valence-corrected chi connectivity index (χ4v) is 3.43. The molecule has 2 N–H and O–H groups in total. The molecular weight excluding hydrogens is 529 g/mol. The summed E-state index contributed by atoms with van der Waals surface area (Å²) >= 11 is 2.18. The topological polar surface area (TPSA) is 88.2 Å². The van der Waals surface area contributed by atoms with Crippen molar-refractivity contribution in [2.75, 3.05) is 10.6 Å². The van der Waals surface area contributed by atoms with E-state index in [-0.39, 0.29) is 17.6 Å². The first-order valence-corrected chi connectivity index (χ1v) is 11.1. The lowest BCUT2D eigenvalue weighted by atomic mass is 10.0. The molecule has 0 atom stereocenters. The zero-order valence-electron chi connectivity index (χ0n) is 17.3. The highest BCUT2D eigenvalue weighted by molar-refractivity contribution is 14.1. The number of carbonyl (C=O) groups is 3. The molecule has 33 heavy (non-hydrogen) atoms. The molecule has 0 aliphatic carbocycles. The van der Waals surface area contributed by atoms with Gasteiger partial charge in [0.15, 0.2) is 5.78 Å². The predicted octanol–water partition coefficient (Wildman–Crippen LogP) is 5.42. The van der Waals surface area contributed by atoms with Crippen LogP contribution in [0.25, 0.3) is 0 Å². The van der Waals surface area contributed by atoms with Crippen LogP contribution in [0, 0.1) is 3.57 Å². The van der Waals surface area contributed by atoms with Crippen molar-refractivity contribution in [2.45, 2.75) is 0 Å². The zero-order chi connectivity index (χ0) is 23.2. The Morgan fingerprint density at radius 3 is 1.64 bits per heavy atom. The minimum Gasteiger partial charge on any atom is -0.322 e. The van der Waals surface area contributed by atoms with Crippen LogP contribution in [0.2, 0.25) is 0 Å². The molecular formula is C26H18IN3O3. The third kappa shape index (κ3) is 5.69. The van der Waals surface area contributed by atoms with Crippen LogP contribution < -0.4 is 10.6 Å². The molecule has 0 unspecified atom stereocenters. The molecule has 2 amide bonds. The zero-order valence-corrected chi connectivity index (χ0v) is 19.4. The first kappa shape index (κ1) is 22.3. The van der Waals surface area contributed by atoms with Crippen LogP contribution in [0.15, 0.2) is 97.2 Å². The number of halogens is 1. The SMILES string of the molecule is O=C(Nc1ccc(C(=O)c2ccc(NC(=O)c3ccccn3)cc2)cc1)c1ccc(I)cc1. The number of hydrogen-bond acceptors (Lipinski definition) is 4. The first-order chi connectivity index (χ1) is 16.0. The number of aromatic nitrogens is 1. The summed E-state index contributed by atoms with van der Waals surface area (Å²) in [6.07, 6.45) is 1.55. The molecule has 0 saturated carbocycles. The largest absolute Gasteiger partial charge is 0.322 e. The van der Waals surface area contributed by atoms with Crippen LogP contribution in [0.4, 0.5) is 11.4 Å². The van der Waals surface area contributed by atoms with E-state index in [2.05, 4.69) is 38.2 Å². The Balaban J connectivity index is 1.39. The van der Waals surface area contributed by atoms with E-state index in [4.69, 9.17) is 0 Å². The molecule has 4 aromatic rings. The van der Waals surface area contributed by atoms with Crippen LogP contribution >= 0.6 is 22.6 Å². The standard InChI is InChI=1S/C26H18IN3O3/c27-20-10-4-19(5-11-20)25(32)29-21-12-6-17(7-13-21)24(31)18-8-14-22(15-9-18)30-26(33)23-3-1-2-16-28-23/h1-16H,(H,29,32)(H,30,33). The summed E-state index contributed by atoms with van der Waals surface area (Å²) in [5, 5.41) is 5.58. The van der Waals surface area contributed by atoms with Crippen molar-refractivity contribution in [3.8, 4) is 0 Å². The van der Waals surface area contributed by atoms with Crippen molar-refractivity contribution < 1.29 is 14.4 Å². The van der Waals surface area contributed by atoms with Gasteiger partial charge in [-0.1, -0.05) is 6.07 Å². The highest BCUT2D eigenvalue weighted by Gasteiger charge is 2.12. The van der Waals surface area contributed by atoms with Gasteiger partial charge in [-0.25, -0.2) is 0 Å². The van der Waals surface area contributed by atoms with Crippen LogP contribution in [0.1, 0.15) is 36.8 Å². The smallest absolute Gasteiger partial charge is 0.274 e. The van der Waals surface area contributed by atoms with Gasteiger partial charge in [-0.3, -0.25) is 19.4 Å². The number of anilines is 2. The van der Waals surface area contributed by atoms with Crippen molar-refractivity contribution in [1.29, 1.82) is 0 Å². The van der Waals surface area contributed by atoms with Gasteiger partial charge in [0.25, 0.3) is 11.8 Å². The maximum Gasteiger partial charge on any atom is 0.274 e. The Bertz CT molecular complexity index is 1290. The van der Waals surface area contributed by atoms with E-state index >= 15 is 0 Å². The normalized spacial score (nSPS) is 10.3. The van der Waals surface area contributed by atoms with E-state index in [1.165, 1.54) is 0 Å². The van der Waals surface area contributed by atoms with E-state index < -0.39 is 0 Å². The van der Waals surface area contributed by atoms with Gasteiger partial charge in [-0.15, -0.1) is 0 Å². The number of hydrogen-bond donors (Lipinski definition) is 2. The highest BCUT2D eigenvalue weighted by atomic mass is 127. The van der Waals surface area contributed by atoms with Gasteiger partial charge in [-0.05, 0) is 108 Å². The van der Waals surface area contributed by atoms with Crippen molar-refractivity contribution >= 4 is 51.6 Å². The average Bonchev–Trinajstić information content (AvgIpc) is 2.85. The number of nitrogens with zero attached hydrogens (tertiary/aromatic N) is 1. The molecule has 162 valence electrons. The molecule has 4 rings (SSSR count). The summed E-state index contributed by atoms with van der Waals surface area (Å²) in [5.41, 5.74) is 3.02. The number of ketones is 1. The van der Waals surface area contributed by atoms with Crippen molar-refractivity contribution in [3.63, 3.8) is 0 Å². The quantitative estimate of drug-likeness (QED) is 0.249. The second-order valence-electron chi connectivity index (χ2n) is 7.11. The van der Waals surface area contributed by atoms with Gasteiger partial charge in [0, 0.05) is 37.8 Å². The van der Waals surface area contributed by atoms with E-state index in [0.717, 1.165) is 3.57 Å². The second-order valence-corrected chi connectivity index (χ2v) is 8.36. The highest BCUT2D eigenvalue weighted by Crippen LogP contribution is 2.17. The Kier molecular flexibility index (Phi) is 6.89. The van der Waals surface area contributed by atoms with Crippen LogP contribution in [-0.2, 0) is 0 Å². The Morgan fingerprint density at radius 2 is 1.12 bits per heavy atom. The molecule has 0 aliphatic rings. The maximum atomic E-state index is 12.8. The van der Waals surface area contributed by atoms with Crippen molar-refractivity contribution in [3.05, 3.63) is 123 Å². The predicted molar refractivity (Wildman–Crippen MR) is 136 cm³/mol. The third-order valence-corrected chi connectivity index (χ3v) is 5.53. The molecule has 0 spiro atoms. The molecule has 0 aliphatic heterocycles. The fourth-order valence-electron chi connectivity index (χ4n) is 3.07. The van der Waals surface area contributed by atoms with E-state index in [1.54, 1.807) is 85.1 Å². The Morgan fingerprint density at radius 1 is 0.606 bits per heavy atom. The van der Waals surface area contributed by atoms with E-state index in [0.29, 0.717) is 33.8 Å². The third-order valence-electron chi connectivity index (χ3n) is 4.81. The molecule has 1 aromatic heterocycles. The minimum atomic E-state index is -0.322. The van der Waals surface area contributed by atoms with Gasteiger partial charge in [0.05, 0.1) is 0 Å². The van der Waals surface area contributed by atoms with Gasteiger partial charge in [0.2, 0.25) is 0 Å². The lowest BCUT2D eigenvalue weighted by Gasteiger charge is -2.08. The first-order valence-electron chi connectivity index (χ1n) is 10.0. The number of amides is 2. The summed E-state index contributed by atoms with van der Waals surface area (Å²) in [6, 6.07) is 25.7. The van der Waals surface area contributed by atoms with Gasteiger partial charge < -0.3 is 10.6 Å². The van der Waals surface area contributed by atoms with Gasteiger partial charge in [-0.2, -0.15) is 0 Å². The van der Waals surface area contributed by atoms with E-state index in [1.807, 2.05) is 12.1 Å². The molecule has 0 saturated heterocycles. The number of benzene rings is 3. The fraction of sp³-hybridized carbons (Fsp3) is 0. The Labute approximate surface area is 204 Å². The lowest BCUT2D eigenvalue weighted by Crippen LogP contribution is -2.13. The molecule has 0 radical (unpaired) electrons. The van der Waals surface area contributed by atoms with Crippen LogP contribution in [0.5, 0.6) is 0 Å². The maximum absolute atomic E-state index is 12.8. The molecule has 0 bridgehead atoms. The number of rotatable bonds is 6. The summed E-state index contributed by atoms with van der Waals surface area (Å²) < 4.78 is 1.05. The van der Waals surface area contributed by atoms with Gasteiger partial charge in [0.1, 0.15) is 5.69 Å². The number of carbonyl (C=O) groups excluding carboxylic acids is 3. The van der Waals surface area contributed by atoms with Crippen LogP contribution in [0.3, 0.4) is 0 Å². The molecule has 1 heterocycles. The Hall–Kier alpha value is -3.85. The summed E-state index contributed by atoms with van der Waals surface area (Å²) in [7, 11) is 0. The minimum absolute atomic E-state index is 0.159. The average molecular weight is 547 g/mol. The van der Waals surface area contributed by atoms with Crippen LogP contribution in [-0.4, -0.2) is 22.6 Å². The van der Waals surface area contributed by atoms with E-state index in [9.17, 15) is 14.4 Å². The summed E-state index contributed by atoms with van der Waals surface area (Å²) in [4.78, 5) is 41.4. The summed E-state index contributed by atoms with van der Waals surface area (Å²) in [5.74, 6) is -0.695. The molecule has 7 heteroatoms. The monoisotopic (exact) mass is 547 g/mol. The van der Waals surface area contributed by atoms with Gasteiger partial charge >= 0.3 is 0 Å².